The van der Waals surface area contributed by atoms with E-state index in [-0.39, 0.29) is 32.9 Å². The quantitative estimate of drug-likeness (QED) is 0.196. The van der Waals surface area contributed by atoms with E-state index in [0.29, 0.717) is 22.2 Å². The van der Waals surface area contributed by atoms with Crippen LogP contribution in [0.4, 0.5) is 10.1 Å². The van der Waals surface area contributed by atoms with Gasteiger partial charge in [-0.05, 0) is 35.9 Å². The summed E-state index contributed by atoms with van der Waals surface area (Å²) in [4.78, 5) is 27.2. The number of likely N-dealkylation sites (N-methyl/N-ethyl adjacent to an activating group) is 1. The Labute approximate surface area is 197 Å². The van der Waals surface area contributed by atoms with Crippen LogP contribution in [0.5, 0.6) is 5.75 Å². The number of benzene rings is 2. The molecule has 0 unspecified atom stereocenters. The largest absolute Gasteiger partial charge is 0.619 e. The number of aromatic nitrogens is 2. The van der Waals surface area contributed by atoms with Crippen LogP contribution >= 0.6 is 23.2 Å². The number of amides is 1. The number of pyridine rings is 1. The maximum Gasteiger partial charge on any atom is 0.299 e. The molecular weight excluding hydrogens is 472 g/mol. The molecule has 168 valence electrons. The van der Waals surface area contributed by atoms with E-state index in [9.17, 15) is 24.3 Å². The Kier molecular flexibility index (Phi) is 5.97. The van der Waals surface area contributed by atoms with E-state index in [2.05, 4.69) is 0 Å². The van der Waals surface area contributed by atoms with Crippen LogP contribution in [0.15, 0.2) is 61.1 Å². The zero-order valence-electron chi connectivity index (χ0n) is 17.1. The predicted molar refractivity (Wildman–Crippen MR) is 122 cm³/mol. The molecule has 4 aromatic rings. The Morgan fingerprint density at radius 2 is 1.76 bits per heavy atom. The van der Waals surface area contributed by atoms with Crippen molar-refractivity contribution in [2.75, 3.05) is 11.9 Å². The molecule has 0 fully saturated rings. The van der Waals surface area contributed by atoms with Gasteiger partial charge >= 0.3 is 0 Å². The minimum Gasteiger partial charge on any atom is -0.619 e. The van der Waals surface area contributed by atoms with Crippen LogP contribution in [0, 0.1) is 11.0 Å². The Balaban J connectivity index is 1.74. The third kappa shape index (κ3) is 4.35. The minimum absolute atomic E-state index is 0.0154. The van der Waals surface area contributed by atoms with E-state index < -0.39 is 11.7 Å². The summed E-state index contributed by atoms with van der Waals surface area (Å²) in [5.74, 6) is -2.25. The number of halogens is 3. The molecule has 7 nitrogen and oxygen atoms in total. The second kappa shape index (κ2) is 8.73. The second-order valence-electron chi connectivity index (χ2n) is 7.35. The lowest BCUT2D eigenvalue weighted by molar-refractivity contribution is -0.605. The van der Waals surface area contributed by atoms with Gasteiger partial charge in [-0.15, -0.1) is 0 Å². The van der Waals surface area contributed by atoms with Crippen molar-refractivity contribution >= 4 is 51.5 Å². The number of hydrogen-bond donors (Lipinski definition) is 1. The van der Waals surface area contributed by atoms with Crippen LogP contribution in [0.3, 0.4) is 0 Å². The summed E-state index contributed by atoms with van der Waals surface area (Å²) in [5.41, 5.74) is 1.44. The molecule has 2 aromatic carbocycles. The zero-order chi connectivity index (χ0) is 23.9. The number of anilines is 1. The van der Waals surface area contributed by atoms with Crippen molar-refractivity contribution in [3.63, 3.8) is 0 Å². The number of hydrogen-bond acceptors (Lipinski definition) is 4. The Hall–Kier alpha value is -3.62. The average molecular weight is 488 g/mol. The number of rotatable bonds is 5. The van der Waals surface area contributed by atoms with E-state index in [1.807, 2.05) is 0 Å². The van der Waals surface area contributed by atoms with Crippen molar-refractivity contribution in [1.29, 1.82) is 0 Å². The molecule has 0 spiro atoms. The first-order valence-corrected chi connectivity index (χ1v) is 10.4. The molecule has 2 aromatic heterocycles. The molecule has 2 heterocycles. The number of ketones is 1. The van der Waals surface area contributed by atoms with Crippen molar-refractivity contribution < 1.29 is 23.8 Å². The maximum absolute atomic E-state index is 13.3. The number of aromatic hydroxyl groups is 1. The van der Waals surface area contributed by atoms with Crippen LogP contribution < -0.4 is 9.63 Å². The molecule has 0 radical (unpaired) electrons. The molecule has 1 N–H and O–H groups in total. The van der Waals surface area contributed by atoms with Crippen LogP contribution in [0.25, 0.3) is 10.9 Å². The summed E-state index contributed by atoms with van der Waals surface area (Å²) in [6.45, 7) is 0.304. The number of carbonyl (C=O) groups excluding carboxylic acids is 2. The standard InChI is InChI=1S/C23H16Cl2FN3O4/c1-27(21-18(24)11-29(33)12-19(21)25)23(32)22(31)17-10-28(9-13-2-4-14(26)5-3-13)20-7-6-15(30)8-16(17)20/h2-8,10-12,30H,9H2,1H3. The molecular formula is C23H16Cl2FN3O4. The van der Waals surface area contributed by atoms with Gasteiger partial charge in [0.1, 0.15) is 21.6 Å². The Morgan fingerprint density at radius 3 is 2.39 bits per heavy atom. The van der Waals surface area contributed by atoms with Gasteiger partial charge in [0.2, 0.25) is 12.4 Å². The van der Waals surface area contributed by atoms with Crippen LogP contribution in [0.1, 0.15) is 15.9 Å². The first-order chi connectivity index (χ1) is 15.7. The summed E-state index contributed by atoms with van der Waals surface area (Å²) in [6, 6.07) is 10.4. The van der Waals surface area contributed by atoms with E-state index in [1.54, 1.807) is 22.8 Å². The summed E-state index contributed by atoms with van der Waals surface area (Å²) >= 11 is 12.1. The van der Waals surface area contributed by atoms with Crippen molar-refractivity contribution in [3.8, 4) is 5.75 Å². The zero-order valence-corrected chi connectivity index (χ0v) is 18.6. The fourth-order valence-corrected chi connectivity index (χ4v) is 4.27. The van der Waals surface area contributed by atoms with Gasteiger partial charge in [0, 0.05) is 30.7 Å². The lowest BCUT2D eigenvalue weighted by Crippen LogP contribution is -2.35. The summed E-state index contributed by atoms with van der Waals surface area (Å²) in [7, 11) is 1.32. The van der Waals surface area contributed by atoms with E-state index in [1.165, 1.54) is 37.5 Å². The lowest BCUT2D eigenvalue weighted by Gasteiger charge is -2.18. The average Bonchev–Trinajstić information content (AvgIpc) is 3.10. The van der Waals surface area contributed by atoms with Gasteiger partial charge in [0.05, 0.1) is 11.3 Å². The molecule has 1 amide bonds. The van der Waals surface area contributed by atoms with Gasteiger partial charge in [0.15, 0.2) is 0 Å². The minimum atomic E-state index is -0.938. The highest BCUT2D eigenvalue weighted by Gasteiger charge is 2.29. The maximum atomic E-state index is 13.3. The van der Waals surface area contributed by atoms with Gasteiger partial charge in [-0.25, -0.2) is 4.39 Å². The topological polar surface area (TPSA) is 89.5 Å². The van der Waals surface area contributed by atoms with Crippen molar-refractivity contribution in [2.24, 2.45) is 0 Å². The predicted octanol–water partition coefficient (Wildman–Crippen LogP) is 4.32. The van der Waals surface area contributed by atoms with Gasteiger partial charge in [0.25, 0.3) is 11.7 Å². The number of nitrogens with zero attached hydrogens (tertiary/aromatic N) is 3. The number of phenols is 1. The van der Waals surface area contributed by atoms with Crippen LogP contribution in [0.2, 0.25) is 10.0 Å². The monoisotopic (exact) mass is 487 g/mol. The Bertz CT molecular complexity index is 1380. The molecule has 0 saturated heterocycles. The highest BCUT2D eigenvalue weighted by molar-refractivity contribution is 6.50. The van der Waals surface area contributed by atoms with Crippen molar-refractivity contribution in [1.82, 2.24) is 4.57 Å². The first-order valence-electron chi connectivity index (χ1n) is 9.62. The summed E-state index contributed by atoms with van der Waals surface area (Å²) < 4.78 is 15.4. The molecule has 0 aliphatic heterocycles. The molecule has 0 saturated carbocycles. The number of Topliss-reactive ketones (excluding diaryl/α,β-unsaturated/α-hetero) is 1. The van der Waals surface area contributed by atoms with Crippen LogP contribution in [-0.2, 0) is 11.3 Å². The SMILES string of the molecule is CN(C(=O)C(=O)c1cn(Cc2ccc(F)cc2)c2ccc(O)cc12)c1c(Cl)c[n+]([O-])cc1Cl. The number of phenolic OH excluding ortho intramolecular Hbond substituents is 1. The fraction of sp³-hybridized carbons (Fsp3) is 0.0870. The second-order valence-corrected chi connectivity index (χ2v) is 8.17. The molecule has 10 heteroatoms. The van der Waals surface area contributed by atoms with E-state index in [4.69, 9.17) is 23.2 Å². The molecule has 4 rings (SSSR count). The highest BCUT2D eigenvalue weighted by atomic mass is 35.5. The molecule has 0 atom stereocenters. The highest BCUT2D eigenvalue weighted by Crippen LogP contribution is 2.32. The van der Waals surface area contributed by atoms with Crippen LogP contribution in [-0.4, -0.2) is 28.4 Å². The first kappa shape index (κ1) is 22.6. The smallest absolute Gasteiger partial charge is 0.299 e. The molecule has 0 aliphatic carbocycles. The summed E-state index contributed by atoms with van der Waals surface area (Å²) in [6.07, 6.45) is 3.54. The third-order valence-electron chi connectivity index (χ3n) is 5.14. The third-order valence-corrected chi connectivity index (χ3v) is 5.70. The van der Waals surface area contributed by atoms with E-state index >= 15 is 0 Å². The molecule has 33 heavy (non-hydrogen) atoms. The van der Waals surface area contributed by atoms with Gasteiger partial charge in [-0.3, -0.25) is 9.59 Å². The number of carbonyl (C=O) groups is 2. The fourth-order valence-electron chi connectivity index (χ4n) is 3.57. The Morgan fingerprint density at radius 1 is 1.12 bits per heavy atom. The lowest BCUT2D eigenvalue weighted by atomic mass is 10.1. The van der Waals surface area contributed by atoms with Gasteiger partial charge in [-0.2, -0.15) is 4.73 Å². The molecule has 0 aliphatic rings. The van der Waals surface area contributed by atoms with Crippen molar-refractivity contribution in [3.05, 3.63) is 93.3 Å². The molecule has 0 bridgehead atoms. The summed E-state index contributed by atoms with van der Waals surface area (Å²) in [5, 5.41) is 21.6. The van der Waals surface area contributed by atoms with E-state index in [0.717, 1.165) is 22.9 Å². The van der Waals surface area contributed by atoms with Gasteiger partial charge < -0.3 is 19.8 Å². The number of fused-ring (bicyclic) bond motifs is 1. The van der Waals surface area contributed by atoms with Crippen molar-refractivity contribution in [2.45, 2.75) is 6.54 Å². The normalized spacial score (nSPS) is 11.0. The van der Waals surface area contributed by atoms with Gasteiger partial charge in [-0.1, -0.05) is 35.3 Å².